The minimum atomic E-state index is -0.518. The first kappa shape index (κ1) is 25.5. The summed E-state index contributed by atoms with van der Waals surface area (Å²) in [5.41, 5.74) is 3.20. The SMILES string of the molecule is COc1cccc(CSc2nnc(C(C)NC(=O)Nc3cccc(F)c3)n2-c2cc(Cl)ccc2C)c1. The molecule has 2 amide bonds. The van der Waals surface area contributed by atoms with Gasteiger partial charge in [0.2, 0.25) is 0 Å². The predicted molar refractivity (Wildman–Crippen MR) is 141 cm³/mol. The topological polar surface area (TPSA) is 81.1 Å². The Morgan fingerprint density at radius 2 is 1.94 bits per heavy atom. The van der Waals surface area contributed by atoms with Crippen molar-refractivity contribution >= 4 is 35.1 Å². The number of carbonyl (C=O) groups is 1. The number of carbonyl (C=O) groups excluding carboxylic acids is 1. The largest absolute Gasteiger partial charge is 0.497 e. The van der Waals surface area contributed by atoms with E-state index in [9.17, 15) is 9.18 Å². The standard InChI is InChI=1S/C26H25ClFN5O2S/c1-16-10-11-19(27)13-23(16)33-24(17(2)29-25(34)30-21-8-5-7-20(28)14-21)31-32-26(33)36-15-18-6-4-9-22(12-18)35-3/h4-14,17H,15H2,1-3H3,(H2,29,30,34). The number of urea groups is 1. The highest BCUT2D eigenvalue weighted by Gasteiger charge is 2.22. The van der Waals surface area contributed by atoms with Gasteiger partial charge in [-0.25, -0.2) is 9.18 Å². The van der Waals surface area contributed by atoms with E-state index in [1.807, 2.05) is 60.9 Å². The van der Waals surface area contributed by atoms with Crippen LogP contribution in [0, 0.1) is 12.7 Å². The third-order valence-electron chi connectivity index (χ3n) is 5.39. The number of halogens is 2. The van der Waals surface area contributed by atoms with Crippen LogP contribution >= 0.6 is 23.4 Å². The van der Waals surface area contributed by atoms with E-state index in [1.54, 1.807) is 13.2 Å². The Bertz CT molecular complexity index is 1380. The molecule has 0 bridgehead atoms. The molecule has 0 saturated heterocycles. The molecule has 1 unspecified atom stereocenters. The maximum absolute atomic E-state index is 13.5. The first-order valence-electron chi connectivity index (χ1n) is 11.1. The molecule has 1 heterocycles. The van der Waals surface area contributed by atoms with Gasteiger partial charge in [0.1, 0.15) is 11.6 Å². The van der Waals surface area contributed by atoms with Crippen molar-refractivity contribution in [2.24, 2.45) is 0 Å². The highest BCUT2D eigenvalue weighted by atomic mass is 35.5. The van der Waals surface area contributed by atoms with Crippen molar-refractivity contribution in [3.63, 3.8) is 0 Å². The minimum Gasteiger partial charge on any atom is -0.497 e. The maximum atomic E-state index is 13.5. The molecule has 1 atom stereocenters. The van der Waals surface area contributed by atoms with Crippen LogP contribution in [0.5, 0.6) is 5.75 Å². The van der Waals surface area contributed by atoms with Crippen molar-refractivity contribution in [1.29, 1.82) is 0 Å². The average molecular weight is 526 g/mol. The molecule has 0 radical (unpaired) electrons. The Morgan fingerprint density at radius 1 is 1.14 bits per heavy atom. The minimum absolute atomic E-state index is 0.349. The zero-order valence-electron chi connectivity index (χ0n) is 20.0. The maximum Gasteiger partial charge on any atom is 0.319 e. The van der Waals surface area contributed by atoms with Gasteiger partial charge in [-0.1, -0.05) is 47.6 Å². The summed E-state index contributed by atoms with van der Waals surface area (Å²) in [6.45, 7) is 3.78. The predicted octanol–water partition coefficient (Wildman–Crippen LogP) is 6.55. The molecule has 0 aliphatic heterocycles. The van der Waals surface area contributed by atoms with E-state index in [2.05, 4.69) is 20.8 Å². The molecule has 0 fully saturated rings. The van der Waals surface area contributed by atoms with Crippen molar-refractivity contribution in [3.8, 4) is 11.4 Å². The fraction of sp³-hybridized carbons (Fsp3) is 0.192. The van der Waals surface area contributed by atoms with Gasteiger partial charge in [0, 0.05) is 16.5 Å². The van der Waals surface area contributed by atoms with Crippen LogP contribution < -0.4 is 15.4 Å². The van der Waals surface area contributed by atoms with E-state index in [0.717, 1.165) is 22.6 Å². The lowest BCUT2D eigenvalue weighted by Gasteiger charge is -2.18. The Kier molecular flexibility index (Phi) is 8.12. The van der Waals surface area contributed by atoms with E-state index in [4.69, 9.17) is 16.3 Å². The van der Waals surface area contributed by atoms with Gasteiger partial charge in [-0.2, -0.15) is 0 Å². The van der Waals surface area contributed by atoms with Gasteiger partial charge in [-0.05, 0) is 67.4 Å². The van der Waals surface area contributed by atoms with Gasteiger partial charge in [0.05, 0.1) is 18.8 Å². The summed E-state index contributed by atoms with van der Waals surface area (Å²) in [4.78, 5) is 12.6. The average Bonchev–Trinajstić information content (AvgIpc) is 3.28. The van der Waals surface area contributed by atoms with Crippen molar-refractivity contribution in [2.45, 2.75) is 30.8 Å². The van der Waals surface area contributed by atoms with Crippen molar-refractivity contribution in [3.05, 3.63) is 94.5 Å². The molecule has 7 nitrogen and oxygen atoms in total. The Balaban J connectivity index is 1.61. The Morgan fingerprint density at radius 3 is 2.72 bits per heavy atom. The summed E-state index contributed by atoms with van der Waals surface area (Å²) < 4.78 is 20.7. The fourth-order valence-corrected chi connectivity index (χ4v) is 4.67. The molecule has 2 N–H and O–H groups in total. The number of methoxy groups -OCH3 is 1. The second kappa shape index (κ2) is 11.5. The van der Waals surface area contributed by atoms with Crippen LogP contribution in [0.15, 0.2) is 71.9 Å². The van der Waals surface area contributed by atoms with Crippen LogP contribution in [-0.2, 0) is 5.75 Å². The van der Waals surface area contributed by atoms with E-state index >= 15 is 0 Å². The van der Waals surface area contributed by atoms with Crippen LogP contribution in [0.2, 0.25) is 5.02 Å². The number of ether oxygens (including phenoxy) is 1. The normalized spacial score (nSPS) is 11.7. The number of aryl methyl sites for hydroxylation is 1. The number of thioether (sulfide) groups is 1. The molecule has 0 aliphatic carbocycles. The van der Waals surface area contributed by atoms with Crippen LogP contribution in [0.3, 0.4) is 0 Å². The molecule has 186 valence electrons. The highest BCUT2D eigenvalue weighted by molar-refractivity contribution is 7.98. The van der Waals surface area contributed by atoms with Crippen LogP contribution in [0.4, 0.5) is 14.9 Å². The second-order valence-electron chi connectivity index (χ2n) is 8.08. The molecule has 4 aromatic rings. The van der Waals surface area contributed by atoms with Crippen LogP contribution in [0.25, 0.3) is 5.69 Å². The molecule has 0 aliphatic rings. The fourth-order valence-electron chi connectivity index (χ4n) is 3.61. The van der Waals surface area contributed by atoms with Gasteiger partial charge in [0.15, 0.2) is 11.0 Å². The molecular formula is C26H25ClFN5O2S. The van der Waals surface area contributed by atoms with Crippen LogP contribution in [-0.4, -0.2) is 27.9 Å². The lowest BCUT2D eigenvalue weighted by molar-refractivity contribution is 0.249. The number of anilines is 1. The molecule has 1 aromatic heterocycles. The van der Waals surface area contributed by atoms with E-state index in [1.165, 1.54) is 30.0 Å². The Hall–Kier alpha value is -3.56. The lowest BCUT2D eigenvalue weighted by Crippen LogP contribution is -2.32. The third-order valence-corrected chi connectivity index (χ3v) is 6.63. The number of amides is 2. The quantitative estimate of drug-likeness (QED) is 0.255. The van der Waals surface area contributed by atoms with E-state index in [0.29, 0.717) is 27.4 Å². The van der Waals surface area contributed by atoms with Gasteiger partial charge in [0.25, 0.3) is 0 Å². The number of hydrogen-bond donors (Lipinski definition) is 2. The molecule has 0 saturated carbocycles. The zero-order valence-corrected chi connectivity index (χ0v) is 21.5. The third kappa shape index (κ3) is 6.16. The van der Waals surface area contributed by atoms with Gasteiger partial charge in [-0.3, -0.25) is 4.57 Å². The monoisotopic (exact) mass is 525 g/mol. The number of hydrogen-bond acceptors (Lipinski definition) is 5. The summed E-state index contributed by atoms with van der Waals surface area (Å²) >= 11 is 7.84. The van der Waals surface area contributed by atoms with Gasteiger partial charge < -0.3 is 15.4 Å². The zero-order chi connectivity index (χ0) is 25.7. The molecule has 4 rings (SSSR count). The first-order valence-corrected chi connectivity index (χ1v) is 12.5. The summed E-state index contributed by atoms with van der Waals surface area (Å²) in [6, 6.07) is 18.1. The number of aromatic nitrogens is 3. The Labute approximate surface area is 218 Å². The van der Waals surface area contributed by atoms with Gasteiger partial charge in [-0.15, -0.1) is 10.2 Å². The van der Waals surface area contributed by atoms with E-state index < -0.39 is 17.9 Å². The summed E-state index contributed by atoms with van der Waals surface area (Å²) in [7, 11) is 1.63. The molecule has 36 heavy (non-hydrogen) atoms. The first-order chi connectivity index (χ1) is 17.3. The molecule has 0 spiro atoms. The van der Waals surface area contributed by atoms with Crippen molar-refractivity contribution in [2.75, 3.05) is 12.4 Å². The number of nitrogens with zero attached hydrogens (tertiary/aromatic N) is 3. The smallest absolute Gasteiger partial charge is 0.319 e. The number of rotatable bonds is 8. The molecule has 10 heteroatoms. The highest BCUT2D eigenvalue weighted by Crippen LogP contribution is 2.31. The van der Waals surface area contributed by atoms with Crippen molar-refractivity contribution < 1.29 is 13.9 Å². The van der Waals surface area contributed by atoms with Gasteiger partial charge >= 0.3 is 6.03 Å². The summed E-state index contributed by atoms with van der Waals surface area (Å²) in [5.74, 6) is 1.51. The van der Waals surface area contributed by atoms with E-state index in [-0.39, 0.29) is 0 Å². The lowest BCUT2D eigenvalue weighted by atomic mass is 10.2. The summed E-state index contributed by atoms with van der Waals surface area (Å²) in [5, 5.41) is 15.6. The van der Waals surface area contributed by atoms with Crippen molar-refractivity contribution in [1.82, 2.24) is 20.1 Å². The second-order valence-corrected chi connectivity index (χ2v) is 9.46. The number of benzene rings is 3. The molecule has 3 aromatic carbocycles. The van der Waals surface area contributed by atoms with Crippen LogP contribution in [0.1, 0.15) is 29.9 Å². The molecular weight excluding hydrogens is 501 g/mol. The number of nitrogens with one attached hydrogen (secondary N) is 2. The summed E-state index contributed by atoms with van der Waals surface area (Å²) in [6.07, 6.45) is 0.